The lowest BCUT2D eigenvalue weighted by atomic mass is 9.68. The van der Waals surface area contributed by atoms with Gasteiger partial charge in [0.2, 0.25) is 0 Å². The molecule has 1 amide bonds. The van der Waals surface area contributed by atoms with Gasteiger partial charge in [0.25, 0.3) is 0 Å². The first-order valence-corrected chi connectivity index (χ1v) is 3.66. The van der Waals surface area contributed by atoms with E-state index < -0.39 is 0 Å². The molecule has 56 valence electrons. The quantitative estimate of drug-likeness (QED) is 0.544. The number of rotatable bonds is 0. The molecular formula is C7H11NO2. The number of carbonyl (C=O) groups is 1. The molecule has 3 heteroatoms. The molecule has 1 N–H and O–H groups in total. The van der Waals surface area contributed by atoms with Crippen LogP contribution in [0.15, 0.2) is 0 Å². The zero-order valence-electron chi connectivity index (χ0n) is 6.02. The first-order valence-electron chi connectivity index (χ1n) is 3.66. The van der Waals surface area contributed by atoms with Gasteiger partial charge in [-0.25, -0.2) is 4.79 Å². The molecule has 2 atom stereocenters. The van der Waals surface area contributed by atoms with E-state index in [9.17, 15) is 4.79 Å². The Kier molecular flexibility index (Phi) is 0.993. The van der Waals surface area contributed by atoms with Crippen molar-refractivity contribution in [2.75, 3.05) is 6.61 Å². The summed E-state index contributed by atoms with van der Waals surface area (Å²) in [7, 11) is 0. The lowest BCUT2D eigenvalue weighted by molar-refractivity contribution is -0.00852. The molecule has 1 saturated carbocycles. The average Bonchev–Trinajstić information content (AvgIpc) is 1.83. The fourth-order valence-corrected chi connectivity index (χ4v) is 1.66. The van der Waals surface area contributed by atoms with Crippen LogP contribution in [-0.2, 0) is 4.74 Å². The van der Waals surface area contributed by atoms with E-state index in [0.717, 1.165) is 6.42 Å². The molecule has 0 aromatic carbocycles. The maximum Gasteiger partial charge on any atom is 0.407 e. The van der Waals surface area contributed by atoms with Crippen LogP contribution in [0, 0.1) is 5.92 Å². The zero-order chi connectivity index (χ0) is 7.19. The fourth-order valence-electron chi connectivity index (χ4n) is 1.66. The molecule has 1 aliphatic heterocycles. The molecule has 2 rings (SSSR count). The normalized spacial score (nSPS) is 44.5. The van der Waals surface area contributed by atoms with Crippen LogP contribution >= 0.6 is 0 Å². The van der Waals surface area contributed by atoms with Crippen molar-refractivity contribution in [1.29, 1.82) is 0 Å². The number of hydrogen-bond acceptors (Lipinski definition) is 2. The van der Waals surface area contributed by atoms with Gasteiger partial charge < -0.3 is 10.1 Å². The molecule has 1 saturated heterocycles. The molecule has 2 aliphatic rings. The van der Waals surface area contributed by atoms with E-state index in [4.69, 9.17) is 4.74 Å². The predicted octanol–water partition coefficient (Wildman–Crippen LogP) is 0.895. The van der Waals surface area contributed by atoms with E-state index in [1.165, 1.54) is 6.42 Å². The van der Waals surface area contributed by atoms with Crippen molar-refractivity contribution in [3.05, 3.63) is 0 Å². The molecule has 0 aromatic heterocycles. The summed E-state index contributed by atoms with van der Waals surface area (Å²) in [4.78, 5) is 10.7. The third kappa shape index (κ3) is 0.632. The summed E-state index contributed by atoms with van der Waals surface area (Å²) < 4.78 is 4.83. The van der Waals surface area contributed by atoms with Crippen molar-refractivity contribution in [3.8, 4) is 0 Å². The number of cyclic esters (lactones) is 1. The van der Waals surface area contributed by atoms with Gasteiger partial charge in [-0.1, -0.05) is 0 Å². The van der Waals surface area contributed by atoms with E-state index in [1.807, 2.05) is 0 Å². The summed E-state index contributed by atoms with van der Waals surface area (Å²) in [6.45, 7) is 2.70. The number of ether oxygens (including phenoxy) is 1. The first kappa shape index (κ1) is 6.01. The van der Waals surface area contributed by atoms with E-state index in [2.05, 4.69) is 12.2 Å². The molecule has 2 fully saturated rings. The topological polar surface area (TPSA) is 38.3 Å². The SMILES string of the molecule is C[C@]12CC[C@H]1COC(=O)N2. The van der Waals surface area contributed by atoms with Crippen molar-refractivity contribution in [2.24, 2.45) is 5.92 Å². The summed E-state index contributed by atoms with van der Waals surface area (Å²) >= 11 is 0. The number of carbonyl (C=O) groups excluding carboxylic acids is 1. The van der Waals surface area contributed by atoms with Gasteiger partial charge >= 0.3 is 6.09 Å². The first-order chi connectivity index (χ1) is 4.71. The highest BCUT2D eigenvalue weighted by molar-refractivity contribution is 5.69. The molecule has 10 heavy (non-hydrogen) atoms. The summed E-state index contributed by atoms with van der Waals surface area (Å²) in [5.41, 5.74) is 0.0648. The summed E-state index contributed by atoms with van der Waals surface area (Å²) in [6.07, 6.45) is 2.04. The Morgan fingerprint density at radius 2 is 2.60 bits per heavy atom. The number of alkyl carbamates (subject to hydrolysis) is 1. The molecule has 0 aromatic rings. The van der Waals surface area contributed by atoms with E-state index in [0.29, 0.717) is 12.5 Å². The van der Waals surface area contributed by atoms with Crippen molar-refractivity contribution >= 4 is 6.09 Å². The van der Waals surface area contributed by atoms with Gasteiger partial charge in [0, 0.05) is 11.5 Å². The lowest BCUT2D eigenvalue weighted by Gasteiger charge is -2.49. The van der Waals surface area contributed by atoms with Gasteiger partial charge in [0.1, 0.15) is 0 Å². The number of fused-ring (bicyclic) bond motifs is 1. The van der Waals surface area contributed by atoms with Crippen LogP contribution in [0.4, 0.5) is 4.79 Å². The molecule has 0 unspecified atom stereocenters. The second kappa shape index (κ2) is 1.65. The molecular weight excluding hydrogens is 130 g/mol. The van der Waals surface area contributed by atoms with E-state index in [1.54, 1.807) is 0 Å². The second-order valence-electron chi connectivity index (χ2n) is 3.38. The van der Waals surface area contributed by atoms with Crippen molar-refractivity contribution in [1.82, 2.24) is 5.32 Å². The van der Waals surface area contributed by atoms with Crippen LogP contribution in [0.25, 0.3) is 0 Å². The van der Waals surface area contributed by atoms with E-state index in [-0.39, 0.29) is 11.6 Å². The molecule has 0 spiro atoms. The van der Waals surface area contributed by atoms with Crippen LogP contribution in [0.2, 0.25) is 0 Å². The second-order valence-corrected chi connectivity index (χ2v) is 3.38. The highest BCUT2D eigenvalue weighted by Gasteiger charge is 2.47. The lowest BCUT2D eigenvalue weighted by Crippen LogP contribution is -2.63. The van der Waals surface area contributed by atoms with Crippen LogP contribution in [0.3, 0.4) is 0 Å². The Hall–Kier alpha value is -0.730. The van der Waals surface area contributed by atoms with Crippen molar-refractivity contribution < 1.29 is 9.53 Å². The Balaban J connectivity index is 2.11. The third-order valence-electron chi connectivity index (χ3n) is 2.72. The minimum atomic E-state index is -0.251. The van der Waals surface area contributed by atoms with Crippen molar-refractivity contribution in [2.45, 2.75) is 25.3 Å². The molecule has 0 bridgehead atoms. The van der Waals surface area contributed by atoms with Crippen molar-refractivity contribution in [3.63, 3.8) is 0 Å². The number of nitrogens with one attached hydrogen (secondary N) is 1. The molecule has 0 radical (unpaired) electrons. The summed E-state index contributed by atoms with van der Waals surface area (Å²) in [5, 5.41) is 2.83. The number of amides is 1. The van der Waals surface area contributed by atoms with Gasteiger partial charge in [0.15, 0.2) is 0 Å². The highest BCUT2D eigenvalue weighted by atomic mass is 16.6. The third-order valence-corrected chi connectivity index (χ3v) is 2.72. The van der Waals surface area contributed by atoms with Gasteiger partial charge in [-0.3, -0.25) is 0 Å². The van der Waals surface area contributed by atoms with Crippen LogP contribution < -0.4 is 5.32 Å². The number of hydrogen-bond donors (Lipinski definition) is 1. The van der Waals surface area contributed by atoms with Gasteiger partial charge in [-0.15, -0.1) is 0 Å². The molecule has 1 heterocycles. The molecule has 3 nitrogen and oxygen atoms in total. The smallest absolute Gasteiger partial charge is 0.407 e. The van der Waals surface area contributed by atoms with E-state index >= 15 is 0 Å². The maximum absolute atomic E-state index is 10.7. The Morgan fingerprint density at radius 1 is 1.80 bits per heavy atom. The van der Waals surface area contributed by atoms with Gasteiger partial charge in [-0.05, 0) is 19.8 Å². The minimum Gasteiger partial charge on any atom is -0.449 e. The van der Waals surface area contributed by atoms with Crippen LogP contribution in [-0.4, -0.2) is 18.2 Å². The Labute approximate surface area is 59.7 Å². The van der Waals surface area contributed by atoms with Gasteiger partial charge in [0.05, 0.1) is 6.61 Å². The van der Waals surface area contributed by atoms with Crippen LogP contribution in [0.5, 0.6) is 0 Å². The average molecular weight is 141 g/mol. The Bertz CT molecular complexity index is 180. The summed E-state index contributed by atoms with van der Waals surface area (Å²) in [5.74, 6) is 0.560. The minimum absolute atomic E-state index is 0.0648. The largest absolute Gasteiger partial charge is 0.449 e. The fraction of sp³-hybridized carbons (Fsp3) is 0.857. The molecule has 1 aliphatic carbocycles. The van der Waals surface area contributed by atoms with Gasteiger partial charge in [-0.2, -0.15) is 0 Å². The van der Waals surface area contributed by atoms with Crippen LogP contribution in [0.1, 0.15) is 19.8 Å². The zero-order valence-corrected chi connectivity index (χ0v) is 6.02. The highest BCUT2D eigenvalue weighted by Crippen LogP contribution is 2.40. The predicted molar refractivity (Wildman–Crippen MR) is 35.6 cm³/mol. The maximum atomic E-state index is 10.7. The monoisotopic (exact) mass is 141 g/mol. The standard InChI is InChI=1S/C7H11NO2/c1-7-3-2-5(7)4-10-6(9)8-7/h5H,2-4H2,1H3,(H,8,9)/t5-,7-/m0/s1. The summed E-state index contributed by atoms with van der Waals surface area (Å²) in [6, 6.07) is 0. The Morgan fingerprint density at radius 3 is 3.00 bits per heavy atom.